The highest BCUT2D eigenvalue weighted by Crippen LogP contribution is 2.55. The Morgan fingerprint density at radius 2 is 1.97 bits per heavy atom. The van der Waals surface area contributed by atoms with Crippen molar-refractivity contribution in [1.82, 2.24) is 4.98 Å². The van der Waals surface area contributed by atoms with Gasteiger partial charge in [-0.25, -0.2) is 13.4 Å². The van der Waals surface area contributed by atoms with Crippen molar-refractivity contribution in [3.63, 3.8) is 0 Å². The molecule has 39 heavy (non-hydrogen) atoms. The van der Waals surface area contributed by atoms with Gasteiger partial charge in [-0.15, -0.1) is 0 Å². The number of morpholine rings is 1. The fraction of sp³-hybridized carbons (Fsp3) is 0.519. The number of carbonyl (C=O) groups excluding carboxylic acids is 1. The first-order chi connectivity index (χ1) is 18.6. The van der Waals surface area contributed by atoms with E-state index in [1.807, 2.05) is 11.8 Å². The Balaban J connectivity index is 1.70. The van der Waals surface area contributed by atoms with Crippen molar-refractivity contribution in [2.24, 2.45) is 11.1 Å². The van der Waals surface area contributed by atoms with Crippen LogP contribution in [-0.2, 0) is 14.8 Å². The predicted molar refractivity (Wildman–Crippen MR) is 148 cm³/mol. The number of aromatic nitrogens is 1. The summed E-state index contributed by atoms with van der Waals surface area (Å²) in [4.78, 5) is 21.7. The molecule has 1 unspecified atom stereocenters. The summed E-state index contributed by atoms with van der Waals surface area (Å²) < 4.78 is 33.8. The summed E-state index contributed by atoms with van der Waals surface area (Å²) in [5.74, 6) is -0.565. The molecule has 1 aromatic carbocycles. The van der Waals surface area contributed by atoms with Crippen molar-refractivity contribution in [2.45, 2.75) is 38.7 Å². The van der Waals surface area contributed by atoms with E-state index in [0.717, 1.165) is 12.8 Å². The molecule has 208 valence electrons. The molecule has 0 bridgehead atoms. The number of sulfonamides is 1. The Kier molecular flexibility index (Phi) is 7.41. The van der Waals surface area contributed by atoms with Gasteiger partial charge in [0.15, 0.2) is 0 Å². The Morgan fingerprint density at radius 3 is 2.59 bits per heavy atom. The summed E-state index contributed by atoms with van der Waals surface area (Å²) in [5, 5.41) is 19.2. The molecule has 1 amide bonds. The lowest BCUT2D eigenvalue weighted by molar-refractivity contribution is 0.0529. The molecule has 11 nitrogen and oxygen atoms in total. The summed E-state index contributed by atoms with van der Waals surface area (Å²) >= 11 is 0. The van der Waals surface area contributed by atoms with Gasteiger partial charge in [-0.1, -0.05) is 0 Å². The van der Waals surface area contributed by atoms with E-state index in [2.05, 4.69) is 15.7 Å². The highest BCUT2D eigenvalue weighted by Gasteiger charge is 2.45. The summed E-state index contributed by atoms with van der Waals surface area (Å²) in [5.41, 5.74) is 8.27. The number of pyridine rings is 1. The van der Waals surface area contributed by atoms with Gasteiger partial charge in [0.2, 0.25) is 10.0 Å². The first-order valence-electron chi connectivity index (χ1n) is 13.3. The fourth-order valence-corrected chi connectivity index (χ4v) is 6.43. The minimum atomic E-state index is -3.91. The van der Waals surface area contributed by atoms with E-state index in [1.165, 1.54) is 25.0 Å². The second-order valence-corrected chi connectivity index (χ2v) is 12.6. The average molecular weight is 555 g/mol. The second-order valence-electron chi connectivity index (χ2n) is 10.7. The third-order valence-corrected chi connectivity index (χ3v) is 9.18. The van der Waals surface area contributed by atoms with Gasteiger partial charge in [-0.05, 0) is 62.3 Å². The highest BCUT2D eigenvalue weighted by molar-refractivity contribution is 7.92. The topological polar surface area (TPSA) is 162 Å². The van der Waals surface area contributed by atoms with Crippen molar-refractivity contribution in [1.29, 1.82) is 5.26 Å². The maximum absolute atomic E-state index is 12.8. The largest absolute Gasteiger partial charge is 0.395 e. The molecule has 3 fully saturated rings. The molecule has 3 heterocycles. The Labute approximate surface area is 228 Å². The van der Waals surface area contributed by atoms with Gasteiger partial charge in [-0.3, -0.25) is 9.52 Å². The molecule has 1 atom stereocenters. The number of nitrogens with zero attached hydrogens (tertiary/aromatic N) is 4. The van der Waals surface area contributed by atoms with E-state index in [0.29, 0.717) is 66.5 Å². The molecule has 3 aliphatic rings. The Bertz CT molecular complexity index is 1410. The van der Waals surface area contributed by atoms with Crippen molar-refractivity contribution >= 4 is 33.1 Å². The van der Waals surface area contributed by atoms with Gasteiger partial charge in [0.25, 0.3) is 5.91 Å². The average Bonchev–Trinajstić information content (AvgIpc) is 3.66. The molecule has 0 radical (unpaired) electrons. The number of primary amides is 1. The maximum Gasteiger partial charge on any atom is 0.250 e. The van der Waals surface area contributed by atoms with Gasteiger partial charge in [0.1, 0.15) is 5.82 Å². The molecule has 2 aromatic rings. The van der Waals surface area contributed by atoms with Crippen LogP contribution in [0.1, 0.15) is 48.5 Å². The first kappa shape index (κ1) is 27.2. The SMILES string of the molecule is CC1CN(c2cc(C#N)cc(-c3c(NS(=O)(=O)CCO)ccc(C(N)=O)c3N3CCC4(CC3)CC4)n2)CCO1. The van der Waals surface area contributed by atoms with Gasteiger partial charge in [0.05, 0.1) is 59.3 Å². The Morgan fingerprint density at radius 1 is 1.23 bits per heavy atom. The van der Waals surface area contributed by atoms with Crippen LogP contribution in [0, 0.1) is 16.7 Å². The quantitative estimate of drug-likeness (QED) is 0.443. The van der Waals surface area contributed by atoms with E-state index >= 15 is 0 Å². The molecular weight excluding hydrogens is 520 g/mol. The highest BCUT2D eigenvalue weighted by atomic mass is 32.2. The number of benzene rings is 1. The molecule has 1 spiro atoms. The van der Waals surface area contributed by atoms with Crippen LogP contribution in [0.2, 0.25) is 0 Å². The lowest BCUT2D eigenvalue weighted by atomic mass is 9.91. The number of anilines is 3. The molecule has 1 aromatic heterocycles. The number of carbonyl (C=O) groups is 1. The number of nitrogens with two attached hydrogens (primary N) is 1. The minimum absolute atomic E-state index is 0.0209. The molecule has 4 N–H and O–H groups in total. The van der Waals surface area contributed by atoms with Crippen LogP contribution in [0.5, 0.6) is 0 Å². The van der Waals surface area contributed by atoms with E-state index in [4.69, 9.17) is 15.5 Å². The molecule has 2 saturated heterocycles. The van der Waals surface area contributed by atoms with E-state index in [9.17, 15) is 23.6 Å². The normalized spacial score (nSPS) is 20.5. The van der Waals surface area contributed by atoms with Crippen LogP contribution in [0.4, 0.5) is 17.2 Å². The zero-order valence-electron chi connectivity index (χ0n) is 22.0. The van der Waals surface area contributed by atoms with Crippen LogP contribution >= 0.6 is 0 Å². The van der Waals surface area contributed by atoms with Gasteiger partial charge < -0.3 is 25.4 Å². The number of aliphatic hydroxyl groups is 1. The zero-order valence-corrected chi connectivity index (χ0v) is 22.8. The molecule has 2 aliphatic heterocycles. The minimum Gasteiger partial charge on any atom is -0.395 e. The number of amides is 1. The van der Waals surface area contributed by atoms with Crippen molar-refractivity contribution < 1.29 is 23.1 Å². The molecule has 1 saturated carbocycles. The van der Waals surface area contributed by atoms with Crippen molar-refractivity contribution in [3.8, 4) is 17.3 Å². The number of rotatable bonds is 8. The number of nitriles is 1. The summed E-state index contributed by atoms with van der Waals surface area (Å²) in [6.45, 7) is 4.47. The second kappa shape index (κ2) is 10.6. The number of hydrogen-bond donors (Lipinski definition) is 3. The molecule has 12 heteroatoms. The number of hydrogen-bond acceptors (Lipinski definition) is 9. The van der Waals surface area contributed by atoms with Gasteiger partial charge in [0, 0.05) is 31.7 Å². The number of aliphatic hydroxyl groups excluding tert-OH is 1. The van der Waals surface area contributed by atoms with Crippen LogP contribution < -0.4 is 20.3 Å². The summed E-state index contributed by atoms with van der Waals surface area (Å²) in [7, 11) is -3.91. The zero-order chi connectivity index (χ0) is 27.8. The molecule has 5 rings (SSSR count). The van der Waals surface area contributed by atoms with Crippen molar-refractivity contribution in [3.05, 3.63) is 35.4 Å². The monoisotopic (exact) mass is 554 g/mol. The maximum atomic E-state index is 12.8. The Hall–Kier alpha value is -3.40. The molecule has 1 aliphatic carbocycles. The third-order valence-electron chi connectivity index (χ3n) is 7.93. The van der Waals surface area contributed by atoms with Gasteiger partial charge in [-0.2, -0.15) is 5.26 Å². The van der Waals surface area contributed by atoms with Crippen molar-refractivity contribution in [2.75, 3.05) is 59.7 Å². The van der Waals surface area contributed by atoms with Crippen LogP contribution in [0.25, 0.3) is 11.3 Å². The number of piperidine rings is 1. The summed E-state index contributed by atoms with van der Waals surface area (Å²) in [6.07, 6.45) is 4.31. The number of ether oxygens (including phenoxy) is 1. The predicted octanol–water partition coefficient (Wildman–Crippen LogP) is 2.06. The fourth-order valence-electron chi connectivity index (χ4n) is 5.58. The van der Waals surface area contributed by atoms with Crippen LogP contribution in [0.15, 0.2) is 24.3 Å². The molecular formula is C27H34N6O5S. The van der Waals surface area contributed by atoms with E-state index in [-0.39, 0.29) is 17.4 Å². The lowest BCUT2D eigenvalue weighted by Crippen LogP contribution is -2.41. The van der Waals surface area contributed by atoms with E-state index < -0.39 is 28.3 Å². The first-order valence-corrected chi connectivity index (χ1v) is 14.9. The van der Waals surface area contributed by atoms with Crippen LogP contribution in [0.3, 0.4) is 0 Å². The summed E-state index contributed by atoms with van der Waals surface area (Å²) in [6, 6.07) is 8.52. The standard InChI is InChI=1S/C27H34N6O5S/c1-18-17-33(10-12-38-18)23-15-19(16-28)14-22(30-23)24-21(31-39(36,37)13-11-34)3-2-20(26(29)35)25(24)32-8-6-27(4-5-27)7-9-32/h2-3,14-15,18,31,34H,4-13,17H2,1H3,(H2,29,35). The third kappa shape index (κ3) is 5.80. The lowest BCUT2D eigenvalue weighted by Gasteiger charge is -2.36. The smallest absolute Gasteiger partial charge is 0.250 e. The van der Waals surface area contributed by atoms with Crippen LogP contribution in [-0.4, -0.2) is 75.7 Å². The van der Waals surface area contributed by atoms with E-state index in [1.54, 1.807) is 12.1 Å². The number of nitrogens with one attached hydrogen (secondary N) is 1. The van der Waals surface area contributed by atoms with Gasteiger partial charge >= 0.3 is 0 Å².